The van der Waals surface area contributed by atoms with Crippen LogP contribution in [0.2, 0.25) is 5.02 Å². The van der Waals surface area contributed by atoms with E-state index < -0.39 is 6.10 Å². The molecule has 150 valence electrons. The maximum absolute atomic E-state index is 9.78. The fourth-order valence-corrected chi connectivity index (χ4v) is 3.73. The molecule has 3 aromatic rings. The van der Waals surface area contributed by atoms with Gasteiger partial charge in [-0.3, -0.25) is 0 Å². The van der Waals surface area contributed by atoms with Crippen LogP contribution in [0.15, 0.2) is 42.6 Å². The molecule has 0 amide bonds. The van der Waals surface area contributed by atoms with Crippen LogP contribution in [-0.4, -0.2) is 51.2 Å². The summed E-state index contributed by atoms with van der Waals surface area (Å²) in [5, 5.41) is 18.2. The fraction of sp³-hybridized carbons (Fsp3) is 0.350. The summed E-state index contributed by atoms with van der Waals surface area (Å²) in [7, 11) is 0. The van der Waals surface area contributed by atoms with Gasteiger partial charge < -0.3 is 20.1 Å². The number of aromatic nitrogens is 4. The van der Waals surface area contributed by atoms with Crippen LogP contribution in [-0.2, 0) is 4.74 Å². The average Bonchev–Trinajstić information content (AvgIpc) is 3.12. The molecule has 5 rings (SSSR count). The molecule has 0 bridgehead atoms. The molecule has 0 aliphatic carbocycles. The number of anilines is 3. The fourth-order valence-electron chi connectivity index (χ4n) is 3.60. The van der Waals surface area contributed by atoms with Gasteiger partial charge in [0.2, 0.25) is 0 Å². The van der Waals surface area contributed by atoms with Gasteiger partial charge in [0.25, 0.3) is 5.95 Å². The van der Waals surface area contributed by atoms with Crippen LogP contribution in [0.25, 0.3) is 5.95 Å². The maximum atomic E-state index is 9.78. The van der Waals surface area contributed by atoms with Gasteiger partial charge in [-0.2, -0.15) is 15.1 Å². The molecule has 2 fully saturated rings. The van der Waals surface area contributed by atoms with Gasteiger partial charge >= 0.3 is 0 Å². The highest BCUT2D eigenvalue weighted by Crippen LogP contribution is 2.40. The van der Waals surface area contributed by atoms with Gasteiger partial charge in [0, 0.05) is 36.1 Å². The number of ether oxygens (including phenoxy) is 1. The Labute approximate surface area is 173 Å². The van der Waals surface area contributed by atoms with Gasteiger partial charge in [0.05, 0.1) is 30.4 Å². The Bertz CT molecular complexity index is 1020. The standard InChI is InChI=1S/C20H21ClN6O2/c1-13(28)16-6-7-27(25-16)19-23-17(22-15-4-2-14(21)3-5-15)8-18(24-19)26-9-20(10-26)11-29-12-20/h2-8,13,28H,9-12H2,1H3,(H,22,23,24). The van der Waals surface area contributed by atoms with Crippen LogP contribution in [0.5, 0.6) is 0 Å². The summed E-state index contributed by atoms with van der Waals surface area (Å²) in [4.78, 5) is 11.5. The molecule has 2 aliphatic rings. The summed E-state index contributed by atoms with van der Waals surface area (Å²) in [6.07, 6.45) is 1.10. The zero-order chi connectivity index (χ0) is 20.0. The summed E-state index contributed by atoms with van der Waals surface area (Å²) in [5.74, 6) is 1.93. The van der Waals surface area contributed by atoms with Crippen LogP contribution in [0.1, 0.15) is 18.7 Å². The highest BCUT2D eigenvalue weighted by molar-refractivity contribution is 6.30. The lowest BCUT2D eigenvalue weighted by molar-refractivity contribution is -0.127. The van der Waals surface area contributed by atoms with Gasteiger partial charge in [-0.25, -0.2) is 4.68 Å². The topological polar surface area (TPSA) is 88.3 Å². The van der Waals surface area contributed by atoms with E-state index in [1.807, 2.05) is 30.3 Å². The third kappa shape index (κ3) is 3.55. The molecule has 2 saturated heterocycles. The summed E-state index contributed by atoms with van der Waals surface area (Å²) in [5.41, 5.74) is 1.73. The van der Waals surface area contributed by atoms with Gasteiger partial charge in [-0.1, -0.05) is 11.6 Å². The Kier molecular flexibility index (Phi) is 4.42. The smallest absolute Gasteiger partial charge is 0.254 e. The van der Waals surface area contributed by atoms with Crippen LogP contribution in [0.4, 0.5) is 17.3 Å². The van der Waals surface area contributed by atoms with Crippen LogP contribution in [0.3, 0.4) is 0 Å². The minimum Gasteiger partial charge on any atom is -0.387 e. The van der Waals surface area contributed by atoms with E-state index in [1.54, 1.807) is 23.9 Å². The maximum Gasteiger partial charge on any atom is 0.254 e. The molecule has 8 nitrogen and oxygen atoms in total. The molecule has 0 saturated carbocycles. The van der Waals surface area contributed by atoms with Crippen molar-refractivity contribution in [1.82, 2.24) is 19.7 Å². The van der Waals surface area contributed by atoms with E-state index in [1.165, 1.54) is 0 Å². The Balaban J connectivity index is 1.47. The Morgan fingerprint density at radius 3 is 2.55 bits per heavy atom. The zero-order valence-electron chi connectivity index (χ0n) is 15.9. The molecule has 2 aromatic heterocycles. The monoisotopic (exact) mass is 412 g/mol. The first-order chi connectivity index (χ1) is 14.0. The number of aliphatic hydroxyl groups excluding tert-OH is 1. The average molecular weight is 413 g/mol. The molecule has 4 heterocycles. The number of halogens is 1. The van der Waals surface area contributed by atoms with E-state index >= 15 is 0 Å². The van der Waals surface area contributed by atoms with Crippen LogP contribution < -0.4 is 10.2 Å². The summed E-state index contributed by atoms with van der Waals surface area (Å²) >= 11 is 5.98. The Morgan fingerprint density at radius 2 is 1.93 bits per heavy atom. The van der Waals surface area contributed by atoms with Crippen molar-refractivity contribution in [2.75, 3.05) is 36.5 Å². The van der Waals surface area contributed by atoms with E-state index in [0.29, 0.717) is 22.5 Å². The molecule has 1 unspecified atom stereocenters. The third-order valence-corrected chi connectivity index (χ3v) is 5.51. The minimum atomic E-state index is -0.653. The van der Waals surface area contributed by atoms with Gasteiger partial charge in [0.15, 0.2) is 0 Å². The highest BCUT2D eigenvalue weighted by Gasteiger charge is 2.49. The second kappa shape index (κ2) is 6.98. The molecule has 9 heteroatoms. The molecule has 0 radical (unpaired) electrons. The third-order valence-electron chi connectivity index (χ3n) is 5.25. The van der Waals surface area contributed by atoms with E-state index in [2.05, 4.69) is 20.3 Å². The number of nitrogens with one attached hydrogen (secondary N) is 1. The van der Waals surface area contributed by atoms with Crippen molar-refractivity contribution in [2.45, 2.75) is 13.0 Å². The van der Waals surface area contributed by atoms with Crippen LogP contribution >= 0.6 is 11.6 Å². The van der Waals surface area contributed by atoms with Gasteiger partial charge in [-0.05, 0) is 37.3 Å². The summed E-state index contributed by atoms with van der Waals surface area (Å²) in [6.45, 7) is 5.14. The first-order valence-corrected chi connectivity index (χ1v) is 9.86. The van der Waals surface area contributed by atoms with E-state index in [0.717, 1.165) is 37.8 Å². The quantitative estimate of drug-likeness (QED) is 0.666. The number of benzene rings is 1. The Hall–Kier alpha value is -2.68. The van der Waals surface area contributed by atoms with Crippen molar-refractivity contribution < 1.29 is 9.84 Å². The molecule has 2 N–H and O–H groups in total. The van der Waals surface area contributed by atoms with Crippen molar-refractivity contribution in [2.24, 2.45) is 5.41 Å². The van der Waals surface area contributed by atoms with Crippen molar-refractivity contribution in [3.63, 3.8) is 0 Å². The second-order valence-corrected chi connectivity index (χ2v) is 8.19. The molecular weight excluding hydrogens is 392 g/mol. The van der Waals surface area contributed by atoms with E-state index in [4.69, 9.17) is 21.3 Å². The largest absolute Gasteiger partial charge is 0.387 e. The SMILES string of the molecule is CC(O)c1ccn(-c2nc(Nc3ccc(Cl)cc3)cc(N3CC4(COC4)C3)n2)n1. The van der Waals surface area contributed by atoms with Crippen molar-refractivity contribution in [3.8, 4) is 5.95 Å². The van der Waals surface area contributed by atoms with Gasteiger partial charge in [0.1, 0.15) is 11.6 Å². The zero-order valence-corrected chi connectivity index (χ0v) is 16.7. The summed E-state index contributed by atoms with van der Waals surface area (Å²) in [6, 6.07) is 11.1. The molecule has 29 heavy (non-hydrogen) atoms. The first kappa shape index (κ1) is 18.4. The molecule has 1 aromatic carbocycles. The normalized spacial score (nSPS) is 18.2. The molecule has 2 aliphatic heterocycles. The predicted molar refractivity (Wildman–Crippen MR) is 110 cm³/mol. The van der Waals surface area contributed by atoms with E-state index in [9.17, 15) is 5.11 Å². The number of hydrogen-bond acceptors (Lipinski definition) is 7. The lowest BCUT2D eigenvalue weighted by Crippen LogP contribution is -2.66. The van der Waals surface area contributed by atoms with Gasteiger partial charge in [-0.15, -0.1) is 0 Å². The predicted octanol–water partition coefficient (Wildman–Crippen LogP) is 2.95. The minimum absolute atomic E-state index is 0.278. The number of hydrogen-bond donors (Lipinski definition) is 2. The Morgan fingerprint density at radius 1 is 1.17 bits per heavy atom. The van der Waals surface area contributed by atoms with Crippen molar-refractivity contribution in [1.29, 1.82) is 0 Å². The summed E-state index contributed by atoms with van der Waals surface area (Å²) < 4.78 is 6.96. The molecule has 1 spiro atoms. The number of aliphatic hydroxyl groups is 1. The van der Waals surface area contributed by atoms with Crippen LogP contribution in [0, 0.1) is 5.41 Å². The highest BCUT2D eigenvalue weighted by atomic mass is 35.5. The first-order valence-electron chi connectivity index (χ1n) is 9.48. The molecular formula is C20H21ClN6O2. The molecule has 1 atom stereocenters. The lowest BCUT2D eigenvalue weighted by Gasteiger charge is -2.55. The van der Waals surface area contributed by atoms with E-state index in [-0.39, 0.29) is 5.41 Å². The number of rotatable bonds is 5. The number of nitrogens with zero attached hydrogens (tertiary/aromatic N) is 5. The van der Waals surface area contributed by atoms with Crippen molar-refractivity contribution in [3.05, 3.63) is 53.3 Å². The lowest BCUT2D eigenvalue weighted by atomic mass is 9.78. The van der Waals surface area contributed by atoms with Crippen molar-refractivity contribution >= 4 is 28.9 Å². The second-order valence-electron chi connectivity index (χ2n) is 7.75.